The summed E-state index contributed by atoms with van der Waals surface area (Å²) in [5.74, 6) is 0.0992. The van der Waals surface area contributed by atoms with Gasteiger partial charge in [-0.15, -0.1) is 11.8 Å². The zero-order valence-corrected chi connectivity index (χ0v) is 16.4. The van der Waals surface area contributed by atoms with E-state index >= 15 is 0 Å². The van der Waals surface area contributed by atoms with Crippen LogP contribution in [0, 0.1) is 13.8 Å². The van der Waals surface area contributed by atoms with Crippen molar-refractivity contribution in [2.75, 3.05) is 11.1 Å². The fourth-order valence-electron chi connectivity index (χ4n) is 1.98. The van der Waals surface area contributed by atoms with Crippen LogP contribution in [-0.4, -0.2) is 20.1 Å². The van der Waals surface area contributed by atoms with E-state index in [1.54, 1.807) is 0 Å². The molecule has 0 saturated carbocycles. The molecule has 1 amide bonds. The van der Waals surface area contributed by atoms with Gasteiger partial charge in [-0.3, -0.25) is 4.79 Å². The van der Waals surface area contributed by atoms with Gasteiger partial charge < -0.3 is 5.32 Å². The second-order valence-corrected chi connectivity index (χ2v) is 8.71. The SMILES string of the molecule is Cc1cc(SCC(=O)Nc2ccc(S(N)(=O)=O)cc2)c(C)cc1Br. The fraction of sp³-hybridized carbons (Fsp3) is 0.188. The molecule has 0 aliphatic rings. The Morgan fingerprint density at radius 3 is 2.38 bits per heavy atom. The van der Waals surface area contributed by atoms with Crippen LogP contribution in [0.4, 0.5) is 5.69 Å². The van der Waals surface area contributed by atoms with E-state index in [0.29, 0.717) is 5.69 Å². The summed E-state index contributed by atoms with van der Waals surface area (Å²) in [7, 11) is -3.73. The Kier molecular flexibility index (Phi) is 6.08. The van der Waals surface area contributed by atoms with Crippen molar-refractivity contribution in [1.29, 1.82) is 0 Å². The molecule has 2 aromatic carbocycles. The second kappa shape index (κ2) is 7.69. The van der Waals surface area contributed by atoms with Crippen LogP contribution < -0.4 is 10.5 Å². The Balaban J connectivity index is 1.98. The summed E-state index contributed by atoms with van der Waals surface area (Å²) in [5.41, 5.74) is 2.74. The molecule has 0 unspecified atom stereocenters. The first-order valence-electron chi connectivity index (χ1n) is 6.99. The van der Waals surface area contributed by atoms with Crippen molar-refractivity contribution in [2.24, 2.45) is 5.14 Å². The van der Waals surface area contributed by atoms with Crippen LogP contribution in [0.25, 0.3) is 0 Å². The van der Waals surface area contributed by atoms with E-state index in [9.17, 15) is 13.2 Å². The van der Waals surface area contributed by atoms with Crippen molar-refractivity contribution in [3.63, 3.8) is 0 Å². The third-order valence-electron chi connectivity index (χ3n) is 3.28. The number of aryl methyl sites for hydroxylation is 2. The second-order valence-electron chi connectivity index (χ2n) is 5.27. The lowest BCUT2D eigenvalue weighted by atomic mass is 10.2. The first-order valence-corrected chi connectivity index (χ1v) is 10.3. The highest BCUT2D eigenvalue weighted by molar-refractivity contribution is 9.10. The molecule has 0 aliphatic heterocycles. The van der Waals surface area contributed by atoms with Gasteiger partial charge in [0.1, 0.15) is 0 Å². The third kappa shape index (κ3) is 5.07. The zero-order valence-electron chi connectivity index (χ0n) is 13.2. The molecule has 2 aromatic rings. The summed E-state index contributed by atoms with van der Waals surface area (Å²) < 4.78 is 23.4. The molecule has 3 N–H and O–H groups in total. The first-order chi connectivity index (χ1) is 11.2. The standard InChI is InChI=1S/C16H17BrN2O3S2/c1-10-8-15(11(2)7-14(10)17)23-9-16(20)19-12-3-5-13(6-4-12)24(18,21)22/h3-8H,9H2,1-2H3,(H,19,20)(H2,18,21,22). The van der Waals surface area contributed by atoms with E-state index < -0.39 is 10.0 Å². The van der Waals surface area contributed by atoms with E-state index in [4.69, 9.17) is 5.14 Å². The van der Waals surface area contributed by atoms with Gasteiger partial charge in [0, 0.05) is 15.1 Å². The van der Waals surface area contributed by atoms with E-state index in [0.717, 1.165) is 20.5 Å². The molecule has 0 spiro atoms. The molecule has 24 heavy (non-hydrogen) atoms. The number of anilines is 1. The number of sulfonamides is 1. The minimum Gasteiger partial charge on any atom is -0.325 e. The predicted octanol–water partition coefficient (Wildman–Crippen LogP) is 3.44. The summed E-state index contributed by atoms with van der Waals surface area (Å²) in [6.45, 7) is 4.00. The van der Waals surface area contributed by atoms with Crippen LogP contribution in [0.2, 0.25) is 0 Å². The average Bonchev–Trinajstić information content (AvgIpc) is 2.49. The van der Waals surface area contributed by atoms with Crippen molar-refractivity contribution < 1.29 is 13.2 Å². The van der Waals surface area contributed by atoms with E-state index in [-0.39, 0.29) is 16.6 Å². The fourth-order valence-corrected chi connectivity index (χ4v) is 3.86. The highest BCUT2D eigenvalue weighted by atomic mass is 79.9. The highest BCUT2D eigenvalue weighted by Crippen LogP contribution is 2.28. The average molecular weight is 429 g/mol. The van der Waals surface area contributed by atoms with Crippen molar-refractivity contribution in [3.8, 4) is 0 Å². The highest BCUT2D eigenvalue weighted by Gasteiger charge is 2.10. The zero-order chi connectivity index (χ0) is 17.9. The van der Waals surface area contributed by atoms with Gasteiger partial charge in [-0.1, -0.05) is 15.9 Å². The molecule has 0 aromatic heterocycles. The lowest BCUT2D eigenvalue weighted by Gasteiger charge is -2.09. The van der Waals surface area contributed by atoms with E-state index in [1.807, 2.05) is 26.0 Å². The Hall–Kier alpha value is -1.35. The third-order valence-corrected chi connectivity index (χ3v) is 6.22. The Morgan fingerprint density at radius 2 is 1.79 bits per heavy atom. The summed E-state index contributed by atoms with van der Waals surface area (Å²) >= 11 is 4.94. The Labute approximate surface area is 154 Å². The van der Waals surface area contributed by atoms with Crippen molar-refractivity contribution >= 4 is 49.3 Å². The molecule has 128 valence electrons. The minimum absolute atomic E-state index is 0.0100. The van der Waals surface area contributed by atoms with Gasteiger partial charge in [0.05, 0.1) is 10.6 Å². The number of halogens is 1. The maximum atomic E-state index is 12.0. The number of rotatable bonds is 5. The van der Waals surface area contributed by atoms with Gasteiger partial charge in [-0.2, -0.15) is 0 Å². The number of carbonyl (C=O) groups excluding carboxylic acids is 1. The molecule has 0 radical (unpaired) electrons. The summed E-state index contributed by atoms with van der Waals surface area (Å²) in [5, 5.41) is 7.77. The predicted molar refractivity (Wildman–Crippen MR) is 101 cm³/mol. The molecule has 0 fully saturated rings. The maximum Gasteiger partial charge on any atom is 0.238 e. The van der Waals surface area contributed by atoms with Crippen LogP contribution in [0.5, 0.6) is 0 Å². The van der Waals surface area contributed by atoms with Crippen molar-refractivity contribution in [1.82, 2.24) is 0 Å². The molecular formula is C16H17BrN2O3S2. The number of nitrogens with two attached hydrogens (primary N) is 1. The number of nitrogens with one attached hydrogen (secondary N) is 1. The maximum absolute atomic E-state index is 12.0. The molecule has 0 atom stereocenters. The molecule has 0 heterocycles. The van der Waals surface area contributed by atoms with Gasteiger partial charge in [0.25, 0.3) is 0 Å². The quantitative estimate of drug-likeness (QED) is 0.713. The number of carbonyl (C=O) groups is 1. The Morgan fingerprint density at radius 1 is 1.17 bits per heavy atom. The van der Waals surface area contributed by atoms with Gasteiger partial charge in [0.2, 0.25) is 15.9 Å². The normalized spacial score (nSPS) is 11.3. The van der Waals surface area contributed by atoms with Crippen LogP contribution in [0.1, 0.15) is 11.1 Å². The molecule has 0 bridgehead atoms. The first kappa shape index (κ1) is 19.0. The molecule has 0 saturated heterocycles. The van der Waals surface area contributed by atoms with Crippen LogP contribution in [0.3, 0.4) is 0 Å². The monoisotopic (exact) mass is 428 g/mol. The molecular weight excluding hydrogens is 412 g/mol. The van der Waals surface area contributed by atoms with Gasteiger partial charge in [-0.25, -0.2) is 13.6 Å². The van der Waals surface area contributed by atoms with Gasteiger partial charge in [-0.05, 0) is 61.4 Å². The minimum atomic E-state index is -3.73. The van der Waals surface area contributed by atoms with Crippen LogP contribution in [0.15, 0.2) is 50.7 Å². The van der Waals surface area contributed by atoms with Crippen molar-refractivity contribution in [3.05, 3.63) is 52.0 Å². The lowest BCUT2D eigenvalue weighted by molar-refractivity contribution is -0.113. The van der Waals surface area contributed by atoms with Gasteiger partial charge in [0.15, 0.2) is 0 Å². The number of amides is 1. The molecule has 0 aliphatic carbocycles. The number of hydrogen-bond acceptors (Lipinski definition) is 4. The van der Waals surface area contributed by atoms with Crippen molar-refractivity contribution in [2.45, 2.75) is 23.6 Å². The number of thioether (sulfide) groups is 1. The Bertz CT molecular complexity index is 866. The van der Waals surface area contributed by atoms with E-state index in [2.05, 4.69) is 21.2 Å². The van der Waals surface area contributed by atoms with Gasteiger partial charge >= 0.3 is 0 Å². The number of primary sulfonamides is 1. The topological polar surface area (TPSA) is 89.3 Å². The largest absolute Gasteiger partial charge is 0.325 e. The number of hydrogen-bond donors (Lipinski definition) is 2. The summed E-state index contributed by atoms with van der Waals surface area (Å²) in [6, 6.07) is 9.81. The lowest BCUT2D eigenvalue weighted by Crippen LogP contribution is -2.15. The summed E-state index contributed by atoms with van der Waals surface area (Å²) in [6.07, 6.45) is 0. The van der Waals surface area contributed by atoms with E-state index in [1.165, 1.54) is 36.0 Å². The summed E-state index contributed by atoms with van der Waals surface area (Å²) in [4.78, 5) is 13.1. The smallest absolute Gasteiger partial charge is 0.238 e. The molecule has 8 heteroatoms. The van der Waals surface area contributed by atoms with Crippen LogP contribution >= 0.6 is 27.7 Å². The number of benzene rings is 2. The molecule has 5 nitrogen and oxygen atoms in total. The van der Waals surface area contributed by atoms with Crippen LogP contribution in [-0.2, 0) is 14.8 Å². The molecule has 2 rings (SSSR count).